The van der Waals surface area contributed by atoms with Crippen LogP contribution in [0.25, 0.3) is 28.2 Å². The van der Waals surface area contributed by atoms with Crippen LogP contribution in [0.3, 0.4) is 0 Å². The summed E-state index contributed by atoms with van der Waals surface area (Å²) in [5.74, 6) is -0.445. The highest BCUT2D eigenvalue weighted by atomic mass is 16.5. The smallest absolute Gasteiger partial charge is 0.251 e. The minimum atomic E-state index is -0.688. The number of rotatable bonds is 8. The van der Waals surface area contributed by atoms with E-state index in [2.05, 4.69) is 32.1 Å². The molecule has 1 aliphatic heterocycles. The van der Waals surface area contributed by atoms with Crippen molar-refractivity contribution in [3.63, 3.8) is 0 Å². The molecule has 4 N–H and O–H groups in total. The summed E-state index contributed by atoms with van der Waals surface area (Å²) in [5, 5.41) is 18.1. The molecule has 1 fully saturated rings. The van der Waals surface area contributed by atoms with Crippen LogP contribution in [0.5, 0.6) is 0 Å². The maximum absolute atomic E-state index is 12.5. The van der Waals surface area contributed by atoms with Gasteiger partial charge in [-0.25, -0.2) is 4.98 Å². The third-order valence-electron chi connectivity index (χ3n) is 5.44. The van der Waals surface area contributed by atoms with Gasteiger partial charge in [-0.15, -0.1) is 0 Å². The van der Waals surface area contributed by atoms with Crippen LogP contribution in [-0.2, 0) is 20.7 Å². The Balaban J connectivity index is 1.42. The van der Waals surface area contributed by atoms with E-state index in [0.717, 1.165) is 33.5 Å². The predicted octanol–water partition coefficient (Wildman–Crippen LogP) is 1.69. The maximum atomic E-state index is 12.5. The Labute approximate surface area is 190 Å². The lowest BCUT2D eigenvalue weighted by Crippen LogP contribution is -2.51. The van der Waals surface area contributed by atoms with Crippen LogP contribution in [0.15, 0.2) is 43.3 Å². The first-order chi connectivity index (χ1) is 16.1. The van der Waals surface area contributed by atoms with E-state index >= 15 is 0 Å². The molecule has 1 atom stereocenters. The van der Waals surface area contributed by atoms with Crippen LogP contribution in [-0.4, -0.2) is 75.4 Å². The first-order valence-corrected chi connectivity index (χ1v) is 10.6. The van der Waals surface area contributed by atoms with Crippen molar-refractivity contribution >= 4 is 35.1 Å². The van der Waals surface area contributed by atoms with Crippen molar-refractivity contribution < 1.29 is 14.3 Å². The topological polar surface area (TPSA) is 140 Å². The fourth-order valence-electron chi connectivity index (χ4n) is 3.80. The zero-order valence-electron chi connectivity index (χ0n) is 18.0. The molecule has 4 rings (SSSR count). The third kappa shape index (κ3) is 4.90. The molecule has 0 spiro atoms. The Morgan fingerprint density at radius 2 is 2.27 bits per heavy atom. The van der Waals surface area contributed by atoms with E-state index in [0.29, 0.717) is 26.1 Å². The number of hydrogen-bond acceptors (Lipinski definition) is 6. The second-order valence-corrected chi connectivity index (χ2v) is 7.53. The maximum Gasteiger partial charge on any atom is 0.251 e. The summed E-state index contributed by atoms with van der Waals surface area (Å²) >= 11 is 0. The van der Waals surface area contributed by atoms with Gasteiger partial charge in [-0.1, -0.05) is 6.58 Å². The van der Waals surface area contributed by atoms with E-state index in [9.17, 15) is 9.59 Å². The largest absolute Gasteiger partial charge is 0.365 e. The molecule has 0 radical (unpaired) electrons. The summed E-state index contributed by atoms with van der Waals surface area (Å²) in [6.45, 7) is 4.89. The van der Waals surface area contributed by atoms with Crippen LogP contribution in [0.2, 0.25) is 0 Å². The van der Waals surface area contributed by atoms with Crippen molar-refractivity contribution in [1.29, 1.82) is 5.41 Å². The Bertz CT molecular complexity index is 1210. The van der Waals surface area contributed by atoms with Crippen LogP contribution in [0.1, 0.15) is 11.4 Å². The molecule has 2 amide bonds. The standard InChI is InChI=1S/C23H25N7O3/c1-2-21(31)30-10-11-33-20(14-30)23(32)26-8-5-15-12-17-16(6-9-25-22(17)28-15)18-13-27-29-19(18)4-3-7-24/h2-4,6-7,9,12-13,20,24H,1,5,8,10-11,14H2,(H,25,28)(H,26,32)(H,27,29)/b4-3-,24-7?. The van der Waals surface area contributed by atoms with Gasteiger partial charge in [-0.3, -0.25) is 14.7 Å². The summed E-state index contributed by atoms with van der Waals surface area (Å²) in [4.78, 5) is 33.6. The average Bonchev–Trinajstić information content (AvgIpc) is 3.48. The molecule has 0 aromatic carbocycles. The van der Waals surface area contributed by atoms with Crippen molar-refractivity contribution in [3.8, 4) is 11.1 Å². The van der Waals surface area contributed by atoms with E-state index in [1.165, 1.54) is 12.3 Å². The molecule has 3 aromatic rings. The number of aromatic nitrogens is 4. The molecule has 0 aliphatic carbocycles. The molecule has 33 heavy (non-hydrogen) atoms. The van der Waals surface area contributed by atoms with Gasteiger partial charge in [-0.2, -0.15) is 5.10 Å². The molecule has 3 aromatic heterocycles. The lowest BCUT2D eigenvalue weighted by atomic mass is 10.0. The van der Waals surface area contributed by atoms with Crippen LogP contribution < -0.4 is 5.32 Å². The molecule has 1 aliphatic rings. The van der Waals surface area contributed by atoms with Gasteiger partial charge in [0.05, 0.1) is 25.0 Å². The summed E-state index contributed by atoms with van der Waals surface area (Å²) < 4.78 is 5.53. The molecule has 4 heterocycles. The highest BCUT2D eigenvalue weighted by Gasteiger charge is 2.28. The van der Waals surface area contributed by atoms with Crippen LogP contribution in [0, 0.1) is 5.41 Å². The molecule has 0 saturated carbocycles. The number of aromatic amines is 2. The zero-order valence-corrected chi connectivity index (χ0v) is 18.0. The van der Waals surface area contributed by atoms with E-state index in [1.807, 2.05) is 12.1 Å². The average molecular weight is 447 g/mol. The number of morpholine rings is 1. The van der Waals surface area contributed by atoms with Gasteiger partial charge < -0.3 is 25.3 Å². The number of ether oxygens (including phenoxy) is 1. The number of carbonyl (C=O) groups excluding carboxylic acids is 2. The number of nitrogens with zero attached hydrogens (tertiary/aromatic N) is 3. The number of hydrogen-bond donors (Lipinski definition) is 4. The third-order valence-corrected chi connectivity index (χ3v) is 5.44. The summed E-state index contributed by atoms with van der Waals surface area (Å²) in [5.41, 5.74) is 4.35. The summed E-state index contributed by atoms with van der Waals surface area (Å²) in [7, 11) is 0. The lowest BCUT2D eigenvalue weighted by molar-refractivity contribution is -0.144. The number of fused-ring (bicyclic) bond motifs is 1. The molecule has 10 nitrogen and oxygen atoms in total. The number of amides is 2. The second-order valence-electron chi connectivity index (χ2n) is 7.53. The molecule has 10 heteroatoms. The fourth-order valence-corrected chi connectivity index (χ4v) is 3.80. The Morgan fingerprint density at radius 3 is 3.09 bits per heavy atom. The van der Waals surface area contributed by atoms with Crippen LogP contribution in [0.4, 0.5) is 0 Å². The van der Waals surface area contributed by atoms with E-state index in [4.69, 9.17) is 10.1 Å². The van der Waals surface area contributed by atoms with E-state index in [1.54, 1.807) is 29.4 Å². The minimum Gasteiger partial charge on any atom is -0.365 e. The quantitative estimate of drug-likeness (QED) is 0.307. The SMILES string of the molecule is C=CC(=O)N1CCOC(C(=O)NCCc2cc3c(-c4cn[nH]c4/C=C\C=N)ccnc3[nH]2)C1. The van der Waals surface area contributed by atoms with Crippen molar-refractivity contribution in [2.45, 2.75) is 12.5 Å². The van der Waals surface area contributed by atoms with Gasteiger partial charge in [0, 0.05) is 48.6 Å². The number of carbonyl (C=O) groups is 2. The lowest BCUT2D eigenvalue weighted by Gasteiger charge is -2.31. The van der Waals surface area contributed by atoms with Gasteiger partial charge in [-0.05, 0) is 35.9 Å². The molecule has 0 bridgehead atoms. The zero-order chi connectivity index (χ0) is 23.2. The molecular weight excluding hydrogens is 422 g/mol. The number of allylic oxidation sites excluding steroid dienone is 1. The number of nitrogens with one attached hydrogen (secondary N) is 4. The number of H-pyrrole nitrogens is 2. The van der Waals surface area contributed by atoms with Crippen molar-refractivity contribution in [1.82, 2.24) is 30.4 Å². The number of pyridine rings is 1. The van der Waals surface area contributed by atoms with Gasteiger partial charge in [0.25, 0.3) is 5.91 Å². The monoisotopic (exact) mass is 447 g/mol. The first-order valence-electron chi connectivity index (χ1n) is 10.6. The Hall–Kier alpha value is -4.05. The van der Waals surface area contributed by atoms with Crippen molar-refractivity contribution in [3.05, 3.63) is 54.6 Å². The van der Waals surface area contributed by atoms with Gasteiger partial charge in [0.1, 0.15) is 5.65 Å². The highest BCUT2D eigenvalue weighted by molar-refractivity contribution is 5.95. The fraction of sp³-hybridized carbons (Fsp3) is 0.261. The first kappa shape index (κ1) is 22.2. The Morgan fingerprint density at radius 1 is 1.39 bits per heavy atom. The van der Waals surface area contributed by atoms with Crippen molar-refractivity contribution in [2.24, 2.45) is 0 Å². The summed E-state index contributed by atoms with van der Waals surface area (Å²) in [6.07, 6.45) is 9.24. The Kier molecular flexibility index (Phi) is 6.75. The molecule has 170 valence electrons. The minimum absolute atomic E-state index is 0.202. The highest BCUT2D eigenvalue weighted by Crippen LogP contribution is 2.30. The van der Waals surface area contributed by atoms with Gasteiger partial charge in [0.2, 0.25) is 5.91 Å². The molecule has 1 unspecified atom stereocenters. The predicted molar refractivity (Wildman–Crippen MR) is 125 cm³/mol. The molecular formula is C23H25N7O3. The normalized spacial score (nSPS) is 16.2. The van der Waals surface area contributed by atoms with E-state index < -0.39 is 6.10 Å². The summed E-state index contributed by atoms with van der Waals surface area (Å²) in [6, 6.07) is 3.94. The van der Waals surface area contributed by atoms with Crippen LogP contribution >= 0.6 is 0 Å². The second kappa shape index (κ2) is 10.0. The van der Waals surface area contributed by atoms with Gasteiger partial charge in [0.15, 0.2) is 6.10 Å². The van der Waals surface area contributed by atoms with Gasteiger partial charge >= 0.3 is 0 Å². The molecule has 1 saturated heterocycles. The van der Waals surface area contributed by atoms with E-state index in [-0.39, 0.29) is 18.4 Å². The van der Waals surface area contributed by atoms with Crippen molar-refractivity contribution in [2.75, 3.05) is 26.2 Å².